The van der Waals surface area contributed by atoms with Crippen molar-refractivity contribution >= 4 is 11.0 Å². The highest BCUT2D eigenvalue weighted by molar-refractivity contribution is 5.75. The van der Waals surface area contributed by atoms with E-state index in [2.05, 4.69) is 20.2 Å². The highest BCUT2D eigenvalue weighted by Gasteiger charge is 2.30. The minimum absolute atomic E-state index is 0.0764. The number of aliphatic hydroxyl groups excluding tert-OH is 1. The van der Waals surface area contributed by atoms with Gasteiger partial charge in [0, 0.05) is 63.4 Å². The molecule has 0 aromatic carbocycles. The Morgan fingerprint density at radius 1 is 1.12 bits per heavy atom. The Hall–Kier alpha value is -3.21. The van der Waals surface area contributed by atoms with Gasteiger partial charge in [-0.3, -0.25) is 19.7 Å². The summed E-state index contributed by atoms with van der Waals surface area (Å²) in [5, 5.41) is 14.0. The molecule has 5 heterocycles. The molecular formula is C24H29N5O5. The number of aromatic nitrogens is 3. The van der Waals surface area contributed by atoms with Gasteiger partial charge in [-0.25, -0.2) is 0 Å². The SMILES string of the molecule is COc1cnc2ccc(=O)n(CCN3C[C@H](CNCc4cc5c(cn4)OCCO5)[C@H](O)C3)c2c1. The van der Waals surface area contributed by atoms with Gasteiger partial charge in [0.25, 0.3) is 5.56 Å². The standard InChI is InChI=1S/C24H29N5O5/c1-32-18-9-20-19(27-12-18)2-3-24(31)29(20)5-4-28-14-16(21(30)15-28)10-25-11-17-8-22-23(13-26-17)34-7-6-33-22/h2-3,8-9,12-13,16,21,25,30H,4-7,10-11,14-15H2,1H3/t16-,21+/m0/s1. The molecule has 1 fully saturated rings. The van der Waals surface area contributed by atoms with Gasteiger partial charge in [-0.1, -0.05) is 0 Å². The summed E-state index contributed by atoms with van der Waals surface area (Å²) in [5.41, 5.74) is 2.29. The first-order valence-electron chi connectivity index (χ1n) is 11.5. The van der Waals surface area contributed by atoms with Crippen LogP contribution in [0.15, 0.2) is 41.5 Å². The van der Waals surface area contributed by atoms with Crippen LogP contribution < -0.4 is 25.1 Å². The maximum absolute atomic E-state index is 12.5. The molecule has 2 aliphatic rings. The molecule has 0 unspecified atom stereocenters. The molecule has 0 spiro atoms. The first kappa shape index (κ1) is 22.6. The minimum atomic E-state index is -0.424. The van der Waals surface area contributed by atoms with E-state index in [1.807, 2.05) is 12.1 Å². The number of fused-ring (bicyclic) bond motifs is 2. The average Bonchev–Trinajstić information content (AvgIpc) is 3.22. The molecular weight excluding hydrogens is 438 g/mol. The number of ether oxygens (including phenoxy) is 3. The lowest BCUT2D eigenvalue weighted by atomic mass is 10.1. The van der Waals surface area contributed by atoms with Crippen LogP contribution in [0.2, 0.25) is 0 Å². The van der Waals surface area contributed by atoms with Gasteiger partial charge in [0.05, 0.1) is 42.3 Å². The third-order valence-corrected chi connectivity index (χ3v) is 6.37. The highest BCUT2D eigenvalue weighted by atomic mass is 16.6. The van der Waals surface area contributed by atoms with Gasteiger partial charge in [-0.2, -0.15) is 0 Å². The number of rotatable bonds is 8. The number of hydrogen-bond acceptors (Lipinski definition) is 9. The van der Waals surface area contributed by atoms with Gasteiger partial charge >= 0.3 is 0 Å². The fourth-order valence-corrected chi connectivity index (χ4v) is 4.53. The second-order valence-corrected chi connectivity index (χ2v) is 8.64. The number of pyridine rings is 3. The van der Waals surface area contributed by atoms with Gasteiger partial charge < -0.3 is 29.2 Å². The van der Waals surface area contributed by atoms with Crippen molar-refractivity contribution in [1.29, 1.82) is 0 Å². The Kier molecular flexibility index (Phi) is 6.61. The van der Waals surface area contributed by atoms with E-state index in [9.17, 15) is 9.90 Å². The van der Waals surface area contributed by atoms with Crippen molar-refractivity contribution in [2.75, 3.05) is 46.5 Å². The second kappa shape index (κ2) is 9.96. The van der Waals surface area contributed by atoms with Gasteiger partial charge in [-0.05, 0) is 6.07 Å². The Morgan fingerprint density at radius 2 is 1.97 bits per heavy atom. The quantitative estimate of drug-likeness (QED) is 0.493. The van der Waals surface area contributed by atoms with E-state index in [0.717, 1.165) is 29.0 Å². The third kappa shape index (κ3) is 4.84. The van der Waals surface area contributed by atoms with Crippen molar-refractivity contribution in [3.8, 4) is 17.2 Å². The molecule has 0 amide bonds. The number of aliphatic hydroxyl groups is 1. The Bertz CT molecular complexity index is 1220. The number of likely N-dealkylation sites (tertiary alicyclic amines) is 1. The van der Waals surface area contributed by atoms with Crippen LogP contribution >= 0.6 is 0 Å². The van der Waals surface area contributed by atoms with Crippen molar-refractivity contribution in [3.63, 3.8) is 0 Å². The van der Waals surface area contributed by atoms with E-state index in [0.29, 0.717) is 57.4 Å². The lowest BCUT2D eigenvalue weighted by Gasteiger charge is -2.19. The molecule has 0 radical (unpaired) electrons. The Labute approximate surface area is 197 Å². The van der Waals surface area contributed by atoms with Gasteiger partial charge in [0.1, 0.15) is 19.0 Å². The van der Waals surface area contributed by atoms with Crippen LogP contribution in [0.25, 0.3) is 11.0 Å². The topological polar surface area (TPSA) is 111 Å². The predicted octanol–water partition coefficient (Wildman–Crippen LogP) is 0.654. The van der Waals surface area contributed by atoms with Crippen LogP contribution in [0.5, 0.6) is 17.2 Å². The summed E-state index contributed by atoms with van der Waals surface area (Å²) in [6, 6.07) is 7.00. The van der Waals surface area contributed by atoms with Gasteiger partial charge in [0.2, 0.25) is 0 Å². The van der Waals surface area contributed by atoms with Crippen molar-refractivity contribution in [3.05, 3.63) is 52.7 Å². The van der Waals surface area contributed by atoms with Gasteiger partial charge in [-0.15, -0.1) is 0 Å². The van der Waals surface area contributed by atoms with Crippen LogP contribution in [0.4, 0.5) is 0 Å². The van der Waals surface area contributed by atoms with E-state index in [1.165, 1.54) is 0 Å². The normalized spacial score (nSPS) is 20.1. The predicted molar refractivity (Wildman–Crippen MR) is 125 cm³/mol. The number of nitrogens with zero attached hydrogens (tertiary/aromatic N) is 4. The monoisotopic (exact) mass is 467 g/mol. The van der Waals surface area contributed by atoms with Crippen molar-refractivity contribution < 1.29 is 19.3 Å². The van der Waals surface area contributed by atoms with E-state index >= 15 is 0 Å². The molecule has 3 aromatic rings. The molecule has 5 rings (SSSR count). The largest absolute Gasteiger partial charge is 0.495 e. The molecule has 2 aliphatic heterocycles. The summed E-state index contributed by atoms with van der Waals surface area (Å²) >= 11 is 0. The van der Waals surface area contributed by atoms with Crippen molar-refractivity contribution in [2.24, 2.45) is 5.92 Å². The number of β-amino-alcohol motifs (C(OH)–C–C–N with tert-alkyl or cyclic N) is 1. The summed E-state index contributed by atoms with van der Waals surface area (Å²) in [5.74, 6) is 2.11. The zero-order valence-electron chi connectivity index (χ0n) is 19.1. The Balaban J connectivity index is 1.16. The molecule has 1 saturated heterocycles. The zero-order chi connectivity index (χ0) is 23.5. The maximum Gasteiger partial charge on any atom is 0.251 e. The van der Waals surface area contributed by atoms with Crippen LogP contribution in [-0.2, 0) is 13.1 Å². The van der Waals surface area contributed by atoms with E-state index in [4.69, 9.17) is 14.2 Å². The molecule has 10 nitrogen and oxygen atoms in total. The lowest BCUT2D eigenvalue weighted by molar-refractivity contribution is 0.140. The molecule has 0 saturated carbocycles. The zero-order valence-corrected chi connectivity index (χ0v) is 19.1. The second-order valence-electron chi connectivity index (χ2n) is 8.64. The van der Waals surface area contributed by atoms with E-state index < -0.39 is 6.10 Å². The van der Waals surface area contributed by atoms with Gasteiger partial charge in [0.15, 0.2) is 11.5 Å². The van der Waals surface area contributed by atoms with E-state index in [-0.39, 0.29) is 11.5 Å². The molecule has 2 N–H and O–H groups in total. The molecule has 3 aromatic heterocycles. The van der Waals surface area contributed by atoms with Crippen LogP contribution in [0.1, 0.15) is 5.69 Å². The third-order valence-electron chi connectivity index (χ3n) is 6.37. The molecule has 0 bridgehead atoms. The summed E-state index contributed by atoms with van der Waals surface area (Å²) in [6.07, 6.45) is 2.91. The summed E-state index contributed by atoms with van der Waals surface area (Å²) in [6.45, 7) is 4.85. The number of hydrogen-bond donors (Lipinski definition) is 2. The Morgan fingerprint density at radius 3 is 2.82 bits per heavy atom. The number of nitrogens with one attached hydrogen (secondary N) is 1. The van der Waals surface area contributed by atoms with Crippen LogP contribution in [0, 0.1) is 5.92 Å². The molecule has 180 valence electrons. The van der Waals surface area contributed by atoms with Crippen molar-refractivity contribution in [1.82, 2.24) is 24.8 Å². The first-order valence-corrected chi connectivity index (χ1v) is 11.5. The molecule has 10 heteroatoms. The fourth-order valence-electron chi connectivity index (χ4n) is 4.53. The lowest BCUT2D eigenvalue weighted by Crippen LogP contribution is -2.31. The molecule has 0 aliphatic carbocycles. The fraction of sp³-hybridized carbons (Fsp3) is 0.458. The minimum Gasteiger partial charge on any atom is -0.495 e. The molecule has 34 heavy (non-hydrogen) atoms. The highest BCUT2D eigenvalue weighted by Crippen LogP contribution is 2.29. The van der Waals surface area contributed by atoms with Crippen molar-refractivity contribution in [2.45, 2.75) is 19.2 Å². The maximum atomic E-state index is 12.5. The first-order chi connectivity index (χ1) is 16.6. The smallest absolute Gasteiger partial charge is 0.251 e. The van der Waals surface area contributed by atoms with E-state index in [1.54, 1.807) is 36.2 Å². The summed E-state index contributed by atoms with van der Waals surface area (Å²) in [7, 11) is 1.58. The summed E-state index contributed by atoms with van der Waals surface area (Å²) < 4.78 is 18.1. The van der Waals surface area contributed by atoms with Crippen LogP contribution in [0.3, 0.4) is 0 Å². The number of methoxy groups -OCH3 is 1. The molecule has 2 atom stereocenters. The average molecular weight is 468 g/mol. The summed E-state index contributed by atoms with van der Waals surface area (Å²) in [4.78, 5) is 23.5. The van der Waals surface area contributed by atoms with Crippen LogP contribution in [-0.4, -0.2) is 77.1 Å².